The highest BCUT2D eigenvalue weighted by Crippen LogP contribution is 2.52. The second-order valence-electron chi connectivity index (χ2n) is 6.15. The molecule has 2 aliphatic rings. The largest absolute Gasteiger partial charge is 0.481 e. The number of carbonyl (C=O) groups excluding carboxylic acids is 1. The van der Waals surface area contributed by atoms with Crippen molar-refractivity contribution in [3.05, 3.63) is 0 Å². The Labute approximate surface area is 120 Å². The summed E-state index contributed by atoms with van der Waals surface area (Å²) >= 11 is 0. The van der Waals surface area contributed by atoms with Gasteiger partial charge in [0, 0.05) is 0 Å². The van der Waals surface area contributed by atoms with Crippen molar-refractivity contribution in [3.8, 4) is 12.3 Å². The zero-order valence-electron chi connectivity index (χ0n) is 12.2. The first-order chi connectivity index (χ1) is 9.48. The molecule has 0 aliphatic heterocycles. The zero-order chi connectivity index (χ0) is 14.9. The van der Waals surface area contributed by atoms with Gasteiger partial charge in [-0.2, -0.15) is 0 Å². The summed E-state index contributed by atoms with van der Waals surface area (Å²) < 4.78 is 0. The van der Waals surface area contributed by atoms with Crippen molar-refractivity contribution in [2.75, 3.05) is 0 Å². The number of rotatable bonds is 5. The molecule has 2 saturated carbocycles. The molecule has 2 aliphatic carbocycles. The summed E-state index contributed by atoms with van der Waals surface area (Å²) in [5, 5.41) is 12.4. The molecule has 2 fully saturated rings. The van der Waals surface area contributed by atoms with E-state index in [0.29, 0.717) is 12.8 Å². The minimum Gasteiger partial charge on any atom is -0.481 e. The average Bonchev–Trinajstić information content (AvgIpc) is 3.05. The van der Waals surface area contributed by atoms with E-state index in [1.807, 2.05) is 13.8 Å². The van der Waals surface area contributed by atoms with Crippen molar-refractivity contribution in [1.82, 2.24) is 5.32 Å². The fourth-order valence-electron chi connectivity index (χ4n) is 4.01. The van der Waals surface area contributed by atoms with Crippen molar-refractivity contribution in [2.24, 2.45) is 23.7 Å². The Kier molecular flexibility index (Phi) is 4.08. The number of carbonyl (C=O) groups is 2. The lowest BCUT2D eigenvalue weighted by Crippen LogP contribution is -2.51. The van der Waals surface area contributed by atoms with Gasteiger partial charge < -0.3 is 10.4 Å². The van der Waals surface area contributed by atoms with Gasteiger partial charge in [0.25, 0.3) is 0 Å². The maximum atomic E-state index is 12.6. The highest BCUT2D eigenvalue weighted by molar-refractivity contribution is 5.87. The maximum Gasteiger partial charge on any atom is 0.307 e. The zero-order valence-corrected chi connectivity index (χ0v) is 12.2. The summed E-state index contributed by atoms with van der Waals surface area (Å²) in [5.41, 5.74) is -0.637. The van der Waals surface area contributed by atoms with Gasteiger partial charge in [-0.3, -0.25) is 9.59 Å². The molecule has 0 aromatic carbocycles. The molecule has 0 unspecified atom stereocenters. The van der Waals surface area contributed by atoms with Crippen molar-refractivity contribution < 1.29 is 14.7 Å². The molecule has 1 amide bonds. The molecule has 0 radical (unpaired) electrons. The van der Waals surface area contributed by atoms with E-state index < -0.39 is 23.3 Å². The molecule has 0 aromatic heterocycles. The van der Waals surface area contributed by atoms with Crippen molar-refractivity contribution in [2.45, 2.75) is 51.5 Å². The van der Waals surface area contributed by atoms with Crippen LogP contribution in [0.25, 0.3) is 0 Å². The minimum absolute atomic E-state index is 0.161. The van der Waals surface area contributed by atoms with Crippen molar-refractivity contribution in [1.29, 1.82) is 0 Å². The Morgan fingerprint density at radius 3 is 2.25 bits per heavy atom. The van der Waals surface area contributed by atoms with Crippen LogP contribution in [0.4, 0.5) is 0 Å². The molecule has 0 spiro atoms. The predicted molar refractivity (Wildman–Crippen MR) is 75.7 cm³/mol. The number of aliphatic carboxylic acids is 1. The normalized spacial score (nSPS) is 31.9. The molecule has 4 atom stereocenters. The van der Waals surface area contributed by atoms with E-state index in [1.165, 1.54) is 0 Å². The van der Waals surface area contributed by atoms with E-state index >= 15 is 0 Å². The van der Waals surface area contributed by atoms with E-state index in [-0.39, 0.29) is 17.7 Å². The molecule has 2 bridgehead atoms. The first kappa shape index (κ1) is 14.9. The van der Waals surface area contributed by atoms with Crippen molar-refractivity contribution >= 4 is 11.9 Å². The summed E-state index contributed by atoms with van der Waals surface area (Å²) in [7, 11) is 0. The maximum absolute atomic E-state index is 12.6. The van der Waals surface area contributed by atoms with E-state index in [1.54, 1.807) is 0 Å². The molecule has 0 aromatic rings. The first-order valence-corrected chi connectivity index (χ1v) is 7.50. The second-order valence-corrected chi connectivity index (χ2v) is 6.15. The first-order valence-electron chi connectivity index (χ1n) is 7.50. The third kappa shape index (κ3) is 2.30. The van der Waals surface area contributed by atoms with Crippen LogP contribution in [0.1, 0.15) is 46.0 Å². The second kappa shape index (κ2) is 5.47. The van der Waals surface area contributed by atoms with Gasteiger partial charge in [-0.05, 0) is 43.9 Å². The van der Waals surface area contributed by atoms with Crippen LogP contribution < -0.4 is 5.32 Å². The number of fused-ring (bicyclic) bond motifs is 2. The number of hydrogen-bond acceptors (Lipinski definition) is 2. The van der Waals surface area contributed by atoms with Gasteiger partial charge in [0.05, 0.1) is 11.8 Å². The molecule has 2 N–H and O–H groups in total. The molecule has 4 nitrogen and oxygen atoms in total. The van der Waals surface area contributed by atoms with Gasteiger partial charge in [0.2, 0.25) is 5.91 Å². The number of hydrogen-bond donors (Lipinski definition) is 2. The highest BCUT2D eigenvalue weighted by atomic mass is 16.4. The van der Waals surface area contributed by atoms with Crippen LogP contribution in [0.5, 0.6) is 0 Å². The number of nitrogens with one attached hydrogen (secondary N) is 1. The highest BCUT2D eigenvalue weighted by Gasteiger charge is 2.54. The Bertz CT molecular complexity index is 447. The lowest BCUT2D eigenvalue weighted by Gasteiger charge is -2.33. The van der Waals surface area contributed by atoms with Gasteiger partial charge in [-0.1, -0.05) is 19.8 Å². The number of carboxylic acids is 1. The Balaban J connectivity index is 2.16. The summed E-state index contributed by atoms with van der Waals surface area (Å²) in [4.78, 5) is 24.0. The third-order valence-electron chi connectivity index (χ3n) is 5.35. The average molecular weight is 277 g/mol. The smallest absolute Gasteiger partial charge is 0.307 e. The molecule has 2 rings (SSSR count). The standard InChI is InChI=1S/C16H23NO3/c1-4-16(5-2,6-3)17-14(18)12-10-7-8-11(9-10)13(12)15(19)20/h1,10-13H,5-9H2,2-3H3,(H,17,18)(H,19,20)/t10-,11-,12+,13-/m0/s1. The van der Waals surface area contributed by atoms with Crippen LogP contribution in [-0.4, -0.2) is 22.5 Å². The van der Waals surface area contributed by atoms with E-state index in [9.17, 15) is 14.7 Å². The van der Waals surface area contributed by atoms with Gasteiger partial charge in [-0.15, -0.1) is 6.42 Å². The molecular formula is C16H23NO3. The number of amides is 1. The number of terminal acetylenes is 1. The molecule has 4 heteroatoms. The summed E-state index contributed by atoms with van der Waals surface area (Å²) in [6.07, 6.45) is 9.65. The van der Waals surface area contributed by atoms with E-state index in [0.717, 1.165) is 19.3 Å². The van der Waals surface area contributed by atoms with Crippen molar-refractivity contribution in [3.63, 3.8) is 0 Å². The lowest BCUT2D eigenvalue weighted by molar-refractivity contribution is -0.149. The predicted octanol–water partition coefficient (Wildman–Crippen LogP) is 2.04. The van der Waals surface area contributed by atoms with Crippen LogP contribution in [0, 0.1) is 36.0 Å². The van der Waals surface area contributed by atoms with E-state index in [4.69, 9.17) is 6.42 Å². The molecule has 110 valence electrons. The summed E-state index contributed by atoms with van der Waals surface area (Å²) in [5.74, 6) is 1.12. The topological polar surface area (TPSA) is 66.4 Å². The van der Waals surface area contributed by atoms with Gasteiger partial charge in [0.1, 0.15) is 5.54 Å². The third-order valence-corrected chi connectivity index (χ3v) is 5.35. The van der Waals surface area contributed by atoms with Crippen LogP contribution in [-0.2, 0) is 9.59 Å². The Morgan fingerprint density at radius 1 is 1.25 bits per heavy atom. The molecule has 20 heavy (non-hydrogen) atoms. The van der Waals surface area contributed by atoms with Crippen LogP contribution in [0.3, 0.4) is 0 Å². The van der Waals surface area contributed by atoms with Crippen LogP contribution in [0.15, 0.2) is 0 Å². The summed E-state index contributed by atoms with van der Waals surface area (Å²) in [6, 6.07) is 0. The summed E-state index contributed by atoms with van der Waals surface area (Å²) in [6.45, 7) is 3.89. The fraction of sp³-hybridized carbons (Fsp3) is 0.750. The van der Waals surface area contributed by atoms with Crippen LogP contribution in [0.2, 0.25) is 0 Å². The van der Waals surface area contributed by atoms with Gasteiger partial charge >= 0.3 is 5.97 Å². The Morgan fingerprint density at radius 2 is 1.80 bits per heavy atom. The number of carboxylic acid groups (broad SMARTS) is 1. The van der Waals surface area contributed by atoms with Gasteiger partial charge in [0.15, 0.2) is 0 Å². The van der Waals surface area contributed by atoms with Crippen LogP contribution >= 0.6 is 0 Å². The Hall–Kier alpha value is -1.50. The monoisotopic (exact) mass is 277 g/mol. The minimum atomic E-state index is -0.836. The van der Waals surface area contributed by atoms with Gasteiger partial charge in [-0.25, -0.2) is 0 Å². The SMILES string of the molecule is C#CC(CC)(CC)NC(=O)[C@@H]1[C@H]2CC[C@@H](C2)[C@@H]1C(=O)O. The molecule has 0 saturated heterocycles. The molecular weight excluding hydrogens is 254 g/mol. The molecule has 0 heterocycles. The fourth-order valence-corrected chi connectivity index (χ4v) is 4.01. The lowest BCUT2D eigenvalue weighted by atomic mass is 9.78. The van der Waals surface area contributed by atoms with E-state index in [2.05, 4.69) is 11.2 Å². The quantitative estimate of drug-likeness (QED) is 0.756.